The van der Waals surface area contributed by atoms with Crippen molar-refractivity contribution in [1.82, 2.24) is 0 Å². The highest BCUT2D eigenvalue weighted by atomic mass is 31.2. The fourth-order valence-corrected chi connectivity index (χ4v) is 12.0. The number of phosphoric ester groups is 1. The van der Waals surface area contributed by atoms with E-state index in [-0.39, 0.29) is 38.6 Å². The van der Waals surface area contributed by atoms with E-state index in [4.69, 9.17) is 24.3 Å². The summed E-state index contributed by atoms with van der Waals surface area (Å²) in [5.41, 5.74) is 5.42. The molecular weight excluding hydrogens is 1240 g/mol. The van der Waals surface area contributed by atoms with Crippen LogP contribution in [-0.2, 0) is 32.7 Å². The number of allylic oxidation sites excluding steroid dienone is 28. The van der Waals surface area contributed by atoms with Gasteiger partial charge in [-0.1, -0.05) is 377 Å². The zero-order valence-corrected chi connectivity index (χ0v) is 64.6. The van der Waals surface area contributed by atoms with Crippen LogP contribution in [0.5, 0.6) is 0 Å². The van der Waals surface area contributed by atoms with Gasteiger partial charge in [0, 0.05) is 19.4 Å². The molecule has 0 radical (unpaired) electrons. The lowest BCUT2D eigenvalue weighted by Gasteiger charge is -2.19. The highest BCUT2D eigenvalue weighted by Gasteiger charge is 2.26. The average Bonchev–Trinajstić information content (AvgIpc) is 1.64. The predicted octanol–water partition coefficient (Wildman–Crippen LogP) is 27.6. The van der Waals surface area contributed by atoms with Gasteiger partial charge in [-0.05, 0) is 128 Å². The average molecular weight is 1390 g/mol. The van der Waals surface area contributed by atoms with Crippen molar-refractivity contribution in [2.45, 2.75) is 354 Å². The number of carbonyl (C=O) groups excluding carboxylic acids is 2. The minimum Gasteiger partial charge on any atom is -0.462 e. The van der Waals surface area contributed by atoms with Gasteiger partial charge in [-0.15, -0.1) is 0 Å². The SMILES string of the molecule is CC/C=C\C/C=C\C/C=C\C/C=C\C/C=C\C/C=C\C/C=C\C/C=C\CCCCCCCCCCCCCCC(=O)OC(COC(=O)CCCCCCCCCCCCCCCCCCCCCCCC/C=C\C/C=C\C/C=C\C/C=C\C/C=C\C/C=C\CC)COP(=O)(O)OCCN. The number of carbonyl (C=O) groups is 2. The second kappa shape index (κ2) is 82.3. The van der Waals surface area contributed by atoms with E-state index in [0.717, 1.165) is 128 Å². The second-order valence-corrected chi connectivity index (χ2v) is 28.0. The summed E-state index contributed by atoms with van der Waals surface area (Å²) in [6.07, 6.45) is 122. The van der Waals surface area contributed by atoms with Gasteiger partial charge in [-0.2, -0.15) is 0 Å². The third kappa shape index (κ3) is 82.2. The van der Waals surface area contributed by atoms with Crippen molar-refractivity contribution in [3.8, 4) is 0 Å². The maximum atomic E-state index is 12.8. The number of hydrogen-bond donors (Lipinski definition) is 2. The van der Waals surface area contributed by atoms with Crippen molar-refractivity contribution < 1.29 is 37.6 Å². The summed E-state index contributed by atoms with van der Waals surface area (Å²) >= 11 is 0. The van der Waals surface area contributed by atoms with Gasteiger partial charge >= 0.3 is 19.8 Å². The van der Waals surface area contributed by atoms with E-state index >= 15 is 0 Å². The molecule has 0 bridgehead atoms. The Bertz CT molecular complexity index is 2240. The van der Waals surface area contributed by atoms with Gasteiger partial charge in [0.25, 0.3) is 0 Å². The molecule has 0 rings (SSSR count). The van der Waals surface area contributed by atoms with Gasteiger partial charge in [0.15, 0.2) is 6.10 Å². The molecule has 0 aromatic heterocycles. The fourth-order valence-electron chi connectivity index (χ4n) is 11.2. The van der Waals surface area contributed by atoms with Crippen molar-refractivity contribution in [2.24, 2.45) is 5.73 Å². The van der Waals surface area contributed by atoms with Gasteiger partial charge in [-0.3, -0.25) is 18.6 Å². The zero-order valence-electron chi connectivity index (χ0n) is 63.7. The number of hydrogen-bond acceptors (Lipinski definition) is 8. The molecule has 99 heavy (non-hydrogen) atoms. The number of rotatable bonds is 75. The first-order valence-electron chi connectivity index (χ1n) is 40.6. The summed E-state index contributed by atoms with van der Waals surface area (Å²) in [6, 6.07) is 0. The van der Waals surface area contributed by atoms with Gasteiger partial charge < -0.3 is 20.1 Å². The van der Waals surface area contributed by atoms with Gasteiger partial charge in [0.05, 0.1) is 13.2 Å². The van der Waals surface area contributed by atoms with E-state index in [9.17, 15) is 19.0 Å². The van der Waals surface area contributed by atoms with E-state index in [1.54, 1.807) is 0 Å². The molecule has 564 valence electrons. The van der Waals surface area contributed by atoms with E-state index in [0.29, 0.717) is 6.42 Å². The lowest BCUT2D eigenvalue weighted by atomic mass is 10.0. The van der Waals surface area contributed by atoms with E-state index in [2.05, 4.69) is 184 Å². The lowest BCUT2D eigenvalue weighted by Crippen LogP contribution is -2.29. The molecule has 0 fully saturated rings. The molecule has 10 heteroatoms. The number of nitrogens with two attached hydrogens (primary N) is 1. The first kappa shape index (κ1) is 94.4. The standard InChI is InChI=1S/C89H150NO8P/c1-3-5-7-9-11-13-15-17-19-21-23-25-27-29-31-33-35-37-39-41-42-43-44-46-47-49-51-53-55-57-59-61-63-65-67-69-71-73-75-77-79-81-88(91)95-85-87(86-97-99(93,94)96-84-83-90)98-89(92)82-80-78-76-74-72-70-68-66-64-62-60-58-56-54-52-50-48-45-40-38-36-34-32-30-28-26-24-22-20-18-16-14-12-10-8-6-4-2/h5-8,11-14,17-20,23-26,29-32,35-38,45,48,52,54,87H,3-4,9-10,15-16,21-22,27-28,33-34,39-44,46-47,49-51,53,55-86,90H2,1-2H3,(H,93,94)/b7-5-,8-6-,13-11-,14-12-,19-17-,20-18-,25-23-,26-24-,31-29-,32-30-,37-35-,38-36-,48-45-,54-52-. The molecule has 0 aliphatic heterocycles. The van der Waals surface area contributed by atoms with Crippen LogP contribution in [0.2, 0.25) is 0 Å². The van der Waals surface area contributed by atoms with Crippen molar-refractivity contribution in [1.29, 1.82) is 0 Å². The normalized spacial score (nSPS) is 13.8. The molecule has 9 nitrogen and oxygen atoms in total. The molecule has 0 spiro atoms. The third-order valence-corrected chi connectivity index (χ3v) is 18.1. The Labute approximate surface area is 610 Å². The van der Waals surface area contributed by atoms with Crippen LogP contribution in [0, 0.1) is 0 Å². The van der Waals surface area contributed by atoms with Crippen LogP contribution in [0.4, 0.5) is 0 Å². The molecule has 0 amide bonds. The first-order chi connectivity index (χ1) is 48.8. The summed E-state index contributed by atoms with van der Waals surface area (Å²) in [5, 5.41) is 0. The molecule has 0 saturated heterocycles. The Balaban J connectivity index is 3.83. The number of ether oxygens (including phenoxy) is 2. The Morgan fingerprint density at radius 2 is 0.525 bits per heavy atom. The van der Waals surface area contributed by atoms with E-state index in [1.807, 2.05) is 0 Å². The molecule has 0 aliphatic carbocycles. The Morgan fingerprint density at radius 1 is 0.303 bits per heavy atom. The third-order valence-electron chi connectivity index (χ3n) is 17.1. The maximum absolute atomic E-state index is 12.8. The van der Waals surface area contributed by atoms with Crippen LogP contribution >= 0.6 is 7.82 Å². The van der Waals surface area contributed by atoms with E-state index < -0.39 is 26.5 Å². The van der Waals surface area contributed by atoms with Gasteiger partial charge in [0.1, 0.15) is 6.61 Å². The van der Waals surface area contributed by atoms with Crippen LogP contribution in [0.1, 0.15) is 348 Å². The molecule has 0 saturated carbocycles. The Hall–Kier alpha value is -4.63. The lowest BCUT2D eigenvalue weighted by molar-refractivity contribution is -0.161. The molecule has 0 aromatic carbocycles. The minimum atomic E-state index is -4.41. The summed E-state index contributed by atoms with van der Waals surface area (Å²) in [6.45, 7) is 3.54. The van der Waals surface area contributed by atoms with Crippen LogP contribution < -0.4 is 5.73 Å². The van der Waals surface area contributed by atoms with Crippen molar-refractivity contribution in [2.75, 3.05) is 26.4 Å². The number of unbranched alkanes of at least 4 members (excludes halogenated alkanes) is 34. The van der Waals surface area contributed by atoms with Crippen LogP contribution in [0.25, 0.3) is 0 Å². The quantitative estimate of drug-likeness (QED) is 0.0264. The summed E-state index contributed by atoms with van der Waals surface area (Å²) < 4.78 is 33.3. The second-order valence-electron chi connectivity index (χ2n) is 26.5. The first-order valence-corrected chi connectivity index (χ1v) is 42.1. The minimum absolute atomic E-state index is 0.0483. The topological polar surface area (TPSA) is 134 Å². The summed E-state index contributed by atoms with van der Waals surface area (Å²) in [4.78, 5) is 35.5. The maximum Gasteiger partial charge on any atom is 0.472 e. The van der Waals surface area contributed by atoms with Crippen molar-refractivity contribution >= 4 is 19.8 Å². The van der Waals surface area contributed by atoms with Gasteiger partial charge in [-0.25, -0.2) is 4.57 Å². The van der Waals surface area contributed by atoms with E-state index in [1.165, 1.54) is 186 Å². The smallest absolute Gasteiger partial charge is 0.462 e. The molecule has 3 N–H and O–H groups in total. The Kier molecular flexibility index (Phi) is 78.5. The fraction of sp³-hybridized carbons (Fsp3) is 0.663. The largest absolute Gasteiger partial charge is 0.472 e. The zero-order chi connectivity index (χ0) is 71.5. The number of esters is 2. The van der Waals surface area contributed by atoms with Crippen molar-refractivity contribution in [3.63, 3.8) is 0 Å². The summed E-state index contributed by atoms with van der Waals surface area (Å²) in [5.74, 6) is -0.824. The summed E-state index contributed by atoms with van der Waals surface area (Å²) in [7, 11) is -4.41. The highest BCUT2D eigenvalue weighted by Crippen LogP contribution is 2.43. The molecule has 0 aliphatic rings. The Morgan fingerprint density at radius 3 is 0.778 bits per heavy atom. The monoisotopic (exact) mass is 1390 g/mol. The van der Waals surface area contributed by atoms with Crippen LogP contribution in [0.15, 0.2) is 170 Å². The van der Waals surface area contributed by atoms with Crippen LogP contribution in [0.3, 0.4) is 0 Å². The molecule has 2 atom stereocenters. The molecule has 2 unspecified atom stereocenters. The number of phosphoric acid groups is 1. The molecular formula is C89H150NO8P. The molecule has 0 aromatic rings. The molecule has 0 heterocycles. The van der Waals surface area contributed by atoms with Gasteiger partial charge in [0.2, 0.25) is 0 Å². The van der Waals surface area contributed by atoms with Crippen LogP contribution in [-0.4, -0.2) is 49.3 Å². The predicted molar refractivity (Wildman–Crippen MR) is 431 cm³/mol. The highest BCUT2D eigenvalue weighted by molar-refractivity contribution is 7.47. The van der Waals surface area contributed by atoms with Crippen molar-refractivity contribution in [3.05, 3.63) is 170 Å².